The predicted octanol–water partition coefficient (Wildman–Crippen LogP) is -1.00. The van der Waals surface area contributed by atoms with Crippen molar-refractivity contribution in [3.8, 4) is 0 Å². The van der Waals surface area contributed by atoms with E-state index < -0.39 is 0 Å². The van der Waals surface area contributed by atoms with Gasteiger partial charge >= 0.3 is 18.9 Å². The first-order chi connectivity index (χ1) is 4.13. The Kier molecular flexibility index (Phi) is 4.02. The summed E-state index contributed by atoms with van der Waals surface area (Å²) < 4.78 is 0. The quantitative estimate of drug-likeness (QED) is 0.385. The molecule has 56 valence electrons. The van der Waals surface area contributed by atoms with Gasteiger partial charge in [-0.2, -0.15) is 0 Å². The molecule has 2 heteroatoms. The molecule has 10 heavy (non-hydrogen) atoms. The maximum atomic E-state index is 2.45. The minimum Gasteiger partial charge on any atom is -1.00 e. The SMILES string of the molecule is CN1CCCCC1(C)C.[H-].[Li+]. The fourth-order valence-electron chi connectivity index (χ4n) is 1.40. The van der Waals surface area contributed by atoms with Gasteiger partial charge in [0.2, 0.25) is 0 Å². The number of nitrogens with zero attached hydrogens (tertiary/aromatic N) is 1. The van der Waals surface area contributed by atoms with Gasteiger partial charge in [0, 0.05) is 5.54 Å². The molecular formula is C8H18LiN. The fourth-order valence-corrected chi connectivity index (χ4v) is 1.40. The first-order valence-corrected chi connectivity index (χ1v) is 3.84. The van der Waals surface area contributed by atoms with E-state index >= 15 is 0 Å². The van der Waals surface area contributed by atoms with Crippen molar-refractivity contribution in [1.29, 1.82) is 0 Å². The van der Waals surface area contributed by atoms with Crippen LogP contribution in [0.25, 0.3) is 0 Å². The summed E-state index contributed by atoms with van der Waals surface area (Å²) in [7, 11) is 2.22. The van der Waals surface area contributed by atoms with E-state index in [1.54, 1.807) is 0 Å². The molecule has 0 atom stereocenters. The van der Waals surface area contributed by atoms with Gasteiger partial charge in [0.1, 0.15) is 0 Å². The van der Waals surface area contributed by atoms with Crippen LogP contribution in [0.2, 0.25) is 0 Å². The molecule has 0 amide bonds. The second-order valence-corrected chi connectivity index (χ2v) is 3.69. The van der Waals surface area contributed by atoms with Crippen molar-refractivity contribution in [2.45, 2.75) is 38.6 Å². The Morgan fingerprint density at radius 3 is 2.20 bits per heavy atom. The van der Waals surface area contributed by atoms with Crippen LogP contribution in [0.3, 0.4) is 0 Å². The number of hydrogen-bond donors (Lipinski definition) is 0. The van der Waals surface area contributed by atoms with Crippen molar-refractivity contribution in [3.63, 3.8) is 0 Å². The average Bonchev–Trinajstić information content (AvgIpc) is 1.77. The molecule has 1 heterocycles. The second-order valence-electron chi connectivity index (χ2n) is 3.69. The summed E-state index contributed by atoms with van der Waals surface area (Å²) in [5.41, 5.74) is 0.470. The van der Waals surface area contributed by atoms with Gasteiger partial charge in [-0.25, -0.2) is 0 Å². The van der Waals surface area contributed by atoms with E-state index in [-0.39, 0.29) is 20.3 Å². The Morgan fingerprint density at radius 1 is 1.30 bits per heavy atom. The molecule has 1 aliphatic rings. The second kappa shape index (κ2) is 3.81. The summed E-state index contributed by atoms with van der Waals surface area (Å²) in [5, 5.41) is 0. The van der Waals surface area contributed by atoms with Gasteiger partial charge in [0.15, 0.2) is 0 Å². The normalized spacial score (nSPS) is 25.5. The van der Waals surface area contributed by atoms with Crippen molar-refractivity contribution in [2.24, 2.45) is 0 Å². The topological polar surface area (TPSA) is 3.24 Å². The van der Waals surface area contributed by atoms with Crippen LogP contribution in [0.4, 0.5) is 0 Å². The molecule has 0 saturated carbocycles. The molecule has 0 radical (unpaired) electrons. The summed E-state index contributed by atoms with van der Waals surface area (Å²) in [6.07, 6.45) is 4.17. The summed E-state index contributed by atoms with van der Waals surface area (Å²) in [6.45, 7) is 5.94. The van der Waals surface area contributed by atoms with Crippen LogP contribution < -0.4 is 18.9 Å². The molecule has 1 rings (SSSR count). The molecule has 1 nitrogen and oxygen atoms in total. The Morgan fingerprint density at radius 2 is 1.90 bits per heavy atom. The van der Waals surface area contributed by atoms with Crippen LogP contribution in [-0.2, 0) is 0 Å². The van der Waals surface area contributed by atoms with Crippen LogP contribution in [0.1, 0.15) is 34.5 Å². The molecule has 0 spiro atoms. The number of piperidine rings is 1. The van der Waals surface area contributed by atoms with Crippen molar-refractivity contribution >= 4 is 0 Å². The summed E-state index contributed by atoms with van der Waals surface area (Å²) in [6, 6.07) is 0. The molecule has 0 aromatic heterocycles. The average molecular weight is 135 g/mol. The molecule has 1 saturated heterocycles. The molecule has 0 bridgehead atoms. The standard InChI is InChI=1S/C8H17N.Li.H/c1-8(2)6-4-5-7-9(8)3;;/h4-7H2,1-3H3;;/q;+1;-1. The molecule has 0 unspecified atom stereocenters. The van der Waals surface area contributed by atoms with Gasteiger partial charge < -0.3 is 6.33 Å². The number of likely N-dealkylation sites (tertiary alicyclic amines) is 1. The van der Waals surface area contributed by atoms with Crippen molar-refractivity contribution in [3.05, 3.63) is 0 Å². The van der Waals surface area contributed by atoms with Gasteiger partial charge in [-0.05, 0) is 40.3 Å². The molecule has 0 aliphatic carbocycles. The zero-order valence-corrected chi connectivity index (χ0v) is 7.78. The Labute approximate surface area is 77.8 Å². The van der Waals surface area contributed by atoms with E-state index in [0.29, 0.717) is 5.54 Å². The molecule has 1 fully saturated rings. The van der Waals surface area contributed by atoms with E-state index in [9.17, 15) is 0 Å². The van der Waals surface area contributed by atoms with E-state index in [1.165, 1.54) is 25.8 Å². The van der Waals surface area contributed by atoms with Crippen molar-refractivity contribution in [2.75, 3.05) is 13.6 Å². The third kappa shape index (κ3) is 2.31. The zero-order valence-electron chi connectivity index (χ0n) is 8.78. The minimum absolute atomic E-state index is 0. The Hall–Kier alpha value is 0.557. The Balaban J connectivity index is 0. The molecule has 0 N–H and O–H groups in total. The predicted molar refractivity (Wildman–Crippen MR) is 41.7 cm³/mol. The van der Waals surface area contributed by atoms with E-state index in [4.69, 9.17) is 0 Å². The Bertz CT molecular complexity index is 106. The van der Waals surface area contributed by atoms with Gasteiger partial charge in [0.25, 0.3) is 0 Å². The third-order valence-corrected chi connectivity index (χ3v) is 2.57. The summed E-state index contributed by atoms with van der Waals surface area (Å²) in [4.78, 5) is 2.45. The smallest absolute Gasteiger partial charge is 1.00 e. The molecule has 1 aliphatic heterocycles. The fraction of sp³-hybridized carbons (Fsp3) is 1.00. The van der Waals surface area contributed by atoms with Crippen LogP contribution in [0.15, 0.2) is 0 Å². The summed E-state index contributed by atoms with van der Waals surface area (Å²) in [5.74, 6) is 0. The van der Waals surface area contributed by atoms with E-state index in [1.807, 2.05) is 0 Å². The molecular weight excluding hydrogens is 117 g/mol. The zero-order chi connectivity index (χ0) is 6.91. The van der Waals surface area contributed by atoms with Gasteiger partial charge in [-0.1, -0.05) is 6.42 Å². The number of hydrogen-bond acceptors (Lipinski definition) is 1. The van der Waals surface area contributed by atoms with Crippen LogP contribution >= 0.6 is 0 Å². The van der Waals surface area contributed by atoms with Gasteiger partial charge in [-0.3, -0.25) is 0 Å². The molecule has 0 aromatic carbocycles. The van der Waals surface area contributed by atoms with Crippen LogP contribution in [-0.4, -0.2) is 24.0 Å². The monoisotopic (exact) mass is 135 g/mol. The van der Waals surface area contributed by atoms with Gasteiger partial charge in [-0.15, -0.1) is 0 Å². The van der Waals surface area contributed by atoms with E-state index in [0.717, 1.165) is 0 Å². The van der Waals surface area contributed by atoms with Gasteiger partial charge in [0.05, 0.1) is 0 Å². The van der Waals surface area contributed by atoms with Crippen LogP contribution in [0.5, 0.6) is 0 Å². The minimum atomic E-state index is 0. The van der Waals surface area contributed by atoms with Crippen molar-refractivity contribution in [1.82, 2.24) is 4.90 Å². The molecule has 0 aromatic rings. The first kappa shape index (κ1) is 10.6. The van der Waals surface area contributed by atoms with E-state index in [2.05, 4.69) is 25.8 Å². The number of rotatable bonds is 0. The van der Waals surface area contributed by atoms with Crippen molar-refractivity contribution < 1.29 is 20.3 Å². The maximum Gasteiger partial charge on any atom is 1.00 e. The summed E-state index contributed by atoms with van der Waals surface area (Å²) >= 11 is 0. The first-order valence-electron chi connectivity index (χ1n) is 3.84. The third-order valence-electron chi connectivity index (χ3n) is 2.57. The maximum absolute atomic E-state index is 2.45. The largest absolute Gasteiger partial charge is 1.00 e. The van der Waals surface area contributed by atoms with Crippen LogP contribution in [0, 0.1) is 0 Å².